The maximum absolute atomic E-state index is 11.2. The number of aromatic nitrogens is 2. The van der Waals surface area contributed by atoms with Gasteiger partial charge in [-0.05, 0) is 25.2 Å². The summed E-state index contributed by atoms with van der Waals surface area (Å²) in [5.74, 6) is 0.408. The summed E-state index contributed by atoms with van der Waals surface area (Å²) in [7, 11) is 2.09. The van der Waals surface area contributed by atoms with Crippen molar-refractivity contribution in [1.82, 2.24) is 14.9 Å². The van der Waals surface area contributed by atoms with Crippen molar-refractivity contribution in [2.75, 3.05) is 43.4 Å². The number of hydrogen-bond donors (Lipinski definition) is 2. The molecule has 7 nitrogen and oxygen atoms in total. The number of carbonyl (C=O) groups is 1. The van der Waals surface area contributed by atoms with Gasteiger partial charge in [-0.2, -0.15) is 4.98 Å². The third-order valence-electron chi connectivity index (χ3n) is 3.89. The van der Waals surface area contributed by atoms with Crippen LogP contribution in [0.25, 0.3) is 0 Å². The Bertz CT molecular complexity index is 762. The molecule has 0 atom stereocenters. The zero-order valence-electron chi connectivity index (χ0n) is 14.3. The molecule has 2 aromatic rings. The Balaban J connectivity index is 1.72. The second kappa shape index (κ2) is 7.71. The number of benzene rings is 1. The van der Waals surface area contributed by atoms with E-state index in [1.54, 1.807) is 6.20 Å². The lowest BCUT2D eigenvalue weighted by atomic mass is 10.3. The van der Waals surface area contributed by atoms with Crippen LogP contribution >= 0.6 is 11.8 Å². The van der Waals surface area contributed by atoms with Crippen molar-refractivity contribution in [3.8, 4) is 5.88 Å². The van der Waals surface area contributed by atoms with Gasteiger partial charge in [0.2, 0.25) is 17.7 Å². The summed E-state index contributed by atoms with van der Waals surface area (Å²) in [5.41, 5.74) is 0.715. The normalized spacial score (nSPS) is 15.2. The summed E-state index contributed by atoms with van der Waals surface area (Å²) >= 11 is 1.36. The van der Waals surface area contributed by atoms with Crippen LogP contribution in [0.4, 0.5) is 11.6 Å². The van der Waals surface area contributed by atoms with Crippen LogP contribution in [-0.4, -0.2) is 59.1 Å². The van der Waals surface area contributed by atoms with Crippen molar-refractivity contribution < 1.29 is 9.90 Å². The summed E-state index contributed by atoms with van der Waals surface area (Å²) in [4.78, 5) is 25.6. The molecule has 0 spiro atoms. The molecule has 2 N–H and O–H groups in total. The van der Waals surface area contributed by atoms with Gasteiger partial charge in [0.15, 0.2) is 0 Å². The predicted molar refractivity (Wildman–Crippen MR) is 98.3 cm³/mol. The van der Waals surface area contributed by atoms with Gasteiger partial charge in [0, 0.05) is 43.7 Å². The monoisotopic (exact) mass is 359 g/mol. The van der Waals surface area contributed by atoms with Crippen molar-refractivity contribution in [2.45, 2.75) is 16.7 Å². The largest absolute Gasteiger partial charge is 0.492 e. The van der Waals surface area contributed by atoms with Crippen LogP contribution in [0.3, 0.4) is 0 Å². The first-order valence-electron chi connectivity index (χ1n) is 8.06. The number of amides is 1. The molecule has 1 saturated heterocycles. The van der Waals surface area contributed by atoms with Gasteiger partial charge in [0.25, 0.3) is 0 Å². The van der Waals surface area contributed by atoms with E-state index < -0.39 is 0 Å². The molecule has 1 aliphatic heterocycles. The number of likely N-dealkylation sites (N-methyl/N-ethyl adjacent to an activating group) is 1. The van der Waals surface area contributed by atoms with Crippen molar-refractivity contribution in [2.24, 2.45) is 0 Å². The van der Waals surface area contributed by atoms with Gasteiger partial charge < -0.3 is 20.2 Å². The van der Waals surface area contributed by atoms with E-state index in [0.717, 1.165) is 31.1 Å². The Hall–Kier alpha value is -2.32. The molecule has 0 unspecified atom stereocenters. The van der Waals surface area contributed by atoms with Crippen LogP contribution in [0.15, 0.2) is 40.3 Å². The standard InChI is InChI=1S/C17H21N5O2S/c1-12(23)19-13-4-3-5-14(10-13)25-15-11-18-17(20-16(15)24)22-8-6-21(2)7-9-22/h3-5,10-11H,6-9H2,1-2H3,(H,19,23)(H,18,20,24). The molecule has 0 saturated carbocycles. The van der Waals surface area contributed by atoms with Gasteiger partial charge in [-0.1, -0.05) is 17.8 Å². The molecular formula is C17H21N5O2S. The SMILES string of the molecule is CC(=O)Nc1cccc(Sc2cnc(N3CCN(C)CC3)nc2O)c1. The van der Waals surface area contributed by atoms with Gasteiger partial charge in [-0.15, -0.1) is 0 Å². The van der Waals surface area contributed by atoms with Crippen LogP contribution in [-0.2, 0) is 4.79 Å². The molecule has 1 aromatic heterocycles. The van der Waals surface area contributed by atoms with E-state index >= 15 is 0 Å². The fourth-order valence-electron chi connectivity index (χ4n) is 2.55. The summed E-state index contributed by atoms with van der Waals surface area (Å²) in [5, 5.41) is 13.0. The van der Waals surface area contributed by atoms with Gasteiger partial charge >= 0.3 is 0 Å². The number of piperazine rings is 1. The van der Waals surface area contributed by atoms with E-state index in [1.165, 1.54) is 18.7 Å². The zero-order chi connectivity index (χ0) is 17.8. The Morgan fingerprint density at radius 3 is 2.72 bits per heavy atom. The molecule has 1 aromatic carbocycles. The first kappa shape index (κ1) is 17.5. The van der Waals surface area contributed by atoms with Crippen molar-refractivity contribution in [1.29, 1.82) is 0 Å². The molecule has 132 valence electrons. The van der Waals surface area contributed by atoms with Crippen molar-refractivity contribution in [3.63, 3.8) is 0 Å². The number of rotatable bonds is 4. The first-order valence-corrected chi connectivity index (χ1v) is 8.88. The molecule has 3 rings (SSSR count). The molecule has 1 amide bonds. The Kier molecular flexibility index (Phi) is 5.40. The van der Waals surface area contributed by atoms with Gasteiger partial charge in [-0.3, -0.25) is 4.79 Å². The summed E-state index contributed by atoms with van der Waals surface area (Å²) in [6.45, 7) is 5.08. The molecular weight excluding hydrogens is 338 g/mol. The summed E-state index contributed by atoms with van der Waals surface area (Å²) in [6.07, 6.45) is 1.64. The smallest absolute Gasteiger partial charge is 0.230 e. The second-order valence-electron chi connectivity index (χ2n) is 5.96. The average molecular weight is 359 g/mol. The van der Waals surface area contributed by atoms with Crippen LogP contribution in [0.2, 0.25) is 0 Å². The number of nitrogens with one attached hydrogen (secondary N) is 1. The van der Waals surface area contributed by atoms with E-state index in [2.05, 4.69) is 32.1 Å². The third-order valence-corrected chi connectivity index (χ3v) is 4.89. The Labute approximate surface area is 151 Å². The van der Waals surface area contributed by atoms with Crippen LogP contribution in [0.5, 0.6) is 5.88 Å². The fourth-order valence-corrected chi connectivity index (χ4v) is 3.38. The number of anilines is 2. The highest BCUT2D eigenvalue weighted by atomic mass is 32.2. The highest BCUT2D eigenvalue weighted by Gasteiger charge is 2.18. The molecule has 1 aliphatic rings. The van der Waals surface area contributed by atoms with Crippen LogP contribution < -0.4 is 10.2 Å². The van der Waals surface area contributed by atoms with E-state index in [0.29, 0.717) is 16.5 Å². The minimum atomic E-state index is -0.121. The minimum Gasteiger partial charge on any atom is -0.492 e. The summed E-state index contributed by atoms with van der Waals surface area (Å²) < 4.78 is 0. The molecule has 8 heteroatoms. The van der Waals surface area contributed by atoms with E-state index in [4.69, 9.17) is 0 Å². The lowest BCUT2D eigenvalue weighted by Gasteiger charge is -2.32. The van der Waals surface area contributed by atoms with E-state index in [-0.39, 0.29) is 11.8 Å². The fraction of sp³-hybridized carbons (Fsp3) is 0.353. The van der Waals surface area contributed by atoms with Crippen LogP contribution in [0, 0.1) is 0 Å². The quantitative estimate of drug-likeness (QED) is 0.864. The second-order valence-corrected chi connectivity index (χ2v) is 7.07. The molecule has 1 fully saturated rings. The predicted octanol–water partition coefficient (Wildman–Crippen LogP) is 2.04. The lowest BCUT2D eigenvalue weighted by Crippen LogP contribution is -2.45. The maximum atomic E-state index is 11.2. The zero-order valence-corrected chi connectivity index (χ0v) is 15.1. The van der Waals surface area contributed by atoms with Gasteiger partial charge in [-0.25, -0.2) is 4.98 Å². The molecule has 0 aliphatic carbocycles. The molecule has 25 heavy (non-hydrogen) atoms. The average Bonchev–Trinajstić information content (AvgIpc) is 2.57. The number of nitrogens with zero attached hydrogens (tertiary/aromatic N) is 4. The Morgan fingerprint density at radius 1 is 1.28 bits per heavy atom. The summed E-state index contributed by atoms with van der Waals surface area (Å²) in [6, 6.07) is 7.42. The third kappa shape index (κ3) is 4.61. The first-order chi connectivity index (χ1) is 12.0. The maximum Gasteiger partial charge on any atom is 0.230 e. The highest BCUT2D eigenvalue weighted by molar-refractivity contribution is 7.99. The minimum absolute atomic E-state index is 0.0288. The van der Waals surface area contributed by atoms with Gasteiger partial charge in [0.05, 0.1) is 11.1 Å². The van der Waals surface area contributed by atoms with Crippen molar-refractivity contribution >= 4 is 29.3 Å². The lowest BCUT2D eigenvalue weighted by molar-refractivity contribution is -0.114. The van der Waals surface area contributed by atoms with Crippen LogP contribution in [0.1, 0.15) is 6.92 Å². The van der Waals surface area contributed by atoms with Crippen molar-refractivity contribution in [3.05, 3.63) is 30.5 Å². The topological polar surface area (TPSA) is 81.6 Å². The number of carbonyl (C=O) groups excluding carboxylic acids is 1. The highest BCUT2D eigenvalue weighted by Crippen LogP contribution is 2.34. The van der Waals surface area contributed by atoms with E-state index in [1.807, 2.05) is 24.3 Å². The molecule has 0 radical (unpaired) electrons. The van der Waals surface area contributed by atoms with Gasteiger partial charge in [0.1, 0.15) is 0 Å². The molecule has 0 bridgehead atoms. The number of aromatic hydroxyl groups is 1. The number of hydrogen-bond acceptors (Lipinski definition) is 7. The Morgan fingerprint density at radius 2 is 2.04 bits per heavy atom. The molecule has 2 heterocycles. The van der Waals surface area contributed by atoms with E-state index in [9.17, 15) is 9.90 Å².